The molecule has 2 rings (SSSR count). The molecule has 0 aromatic heterocycles. The van der Waals surface area contributed by atoms with Gasteiger partial charge in [-0.25, -0.2) is 8.42 Å². The monoisotopic (exact) mass is 404 g/mol. The topological polar surface area (TPSA) is 98.5 Å². The van der Waals surface area contributed by atoms with Gasteiger partial charge in [-0.15, -0.1) is 13.2 Å². The number of benzene rings is 2. The van der Waals surface area contributed by atoms with E-state index < -0.39 is 32.9 Å². The SMILES string of the molecule is C[C@H](Nc1ccc(S(C)(=O)=O)cc1[N+](=O)[O-])c1ccc(OC(F)(F)F)cc1. The summed E-state index contributed by atoms with van der Waals surface area (Å²) in [7, 11) is -3.61. The number of nitrogens with zero attached hydrogens (tertiary/aromatic N) is 1. The van der Waals surface area contributed by atoms with E-state index >= 15 is 0 Å². The fraction of sp³-hybridized carbons (Fsp3) is 0.250. The molecule has 0 aliphatic carbocycles. The molecular formula is C16H15F3N2O5S. The third-order valence-corrected chi connectivity index (χ3v) is 4.69. The van der Waals surface area contributed by atoms with Crippen molar-refractivity contribution in [1.82, 2.24) is 0 Å². The fourth-order valence-electron chi connectivity index (χ4n) is 2.29. The summed E-state index contributed by atoms with van der Waals surface area (Å²) >= 11 is 0. The van der Waals surface area contributed by atoms with Crippen LogP contribution >= 0.6 is 0 Å². The maximum absolute atomic E-state index is 12.2. The Labute approximate surface area is 152 Å². The molecule has 0 saturated carbocycles. The number of hydrogen-bond donors (Lipinski definition) is 1. The van der Waals surface area contributed by atoms with Crippen LogP contribution in [-0.4, -0.2) is 26.0 Å². The van der Waals surface area contributed by atoms with Crippen molar-refractivity contribution in [1.29, 1.82) is 0 Å². The number of sulfone groups is 1. The van der Waals surface area contributed by atoms with Crippen molar-refractivity contribution in [2.45, 2.75) is 24.2 Å². The highest BCUT2D eigenvalue weighted by Crippen LogP contribution is 2.31. The molecule has 27 heavy (non-hydrogen) atoms. The summed E-state index contributed by atoms with van der Waals surface area (Å²) in [4.78, 5) is 10.3. The number of ether oxygens (including phenoxy) is 1. The van der Waals surface area contributed by atoms with Crippen molar-refractivity contribution in [2.75, 3.05) is 11.6 Å². The van der Waals surface area contributed by atoms with Gasteiger partial charge in [0, 0.05) is 18.4 Å². The van der Waals surface area contributed by atoms with Crippen molar-refractivity contribution >= 4 is 21.2 Å². The number of hydrogen-bond acceptors (Lipinski definition) is 6. The number of nitrogens with one attached hydrogen (secondary N) is 1. The zero-order valence-electron chi connectivity index (χ0n) is 14.1. The molecule has 1 atom stereocenters. The molecular weight excluding hydrogens is 389 g/mol. The highest BCUT2D eigenvalue weighted by molar-refractivity contribution is 7.90. The van der Waals surface area contributed by atoms with Gasteiger partial charge < -0.3 is 10.1 Å². The van der Waals surface area contributed by atoms with Gasteiger partial charge in [-0.3, -0.25) is 10.1 Å². The standard InChI is InChI=1S/C16H15F3N2O5S/c1-10(11-3-5-12(6-4-11)26-16(17,18)19)20-14-8-7-13(27(2,24)25)9-15(14)21(22)23/h3-10,20H,1-2H3/t10-/m0/s1. The third kappa shape index (κ3) is 5.58. The van der Waals surface area contributed by atoms with Gasteiger partial charge in [0.05, 0.1) is 9.82 Å². The number of nitro benzene ring substituents is 1. The molecule has 0 heterocycles. The zero-order chi connectivity index (χ0) is 20.4. The predicted octanol–water partition coefficient (Wildman–Crippen LogP) is 4.07. The van der Waals surface area contributed by atoms with Crippen LogP contribution < -0.4 is 10.1 Å². The molecule has 0 unspecified atom stereocenters. The first-order valence-corrected chi connectivity index (χ1v) is 9.37. The van der Waals surface area contributed by atoms with E-state index in [1.54, 1.807) is 6.92 Å². The van der Waals surface area contributed by atoms with E-state index in [1.807, 2.05) is 0 Å². The maximum atomic E-state index is 12.2. The van der Waals surface area contributed by atoms with Crippen LogP contribution in [0, 0.1) is 10.1 Å². The molecule has 0 aliphatic heterocycles. The van der Waals surface area contributed by atoms with E-state index in [1.165, 1.54) is 24.3 Å². The summed E-state index contributed by atoms with van der Waals surface area (Å²) in [5.41, 5.74) is 0.198. The highest BCUT2D eigenvalue weighted by atomic mass is 32.2. The van der Waals surface area contributed by atoms with E-state index in [-0.39, 0.29) is 16.3 Å². The summed E-state index contributed by atoms with van der Waals surface area (Å²) in [6.45, 7) is 1.65. The normalized spacial score (nSPS) is 13.1. The fourth-order valence-corrected chi connectivity index (χ4v) is 2.93. The van der Waals surface area contributed by atoms with Crippen molar-refractivity contribution in [3.63, 3.8) is 0 Å². The maximum Gasteiger partial charge on any atom is 0.573 e. The van der Waals surface area contributed by atoms with Crippen LogP contribution in [0.5, 0.6) is 5.75 Å². The van der Waals surface area contributed by atoms with E-state index in [9.17, 15) is 31.7 Å². The molecule has 11 heteroatoms. The van der Waals surface area contributed by atoms with E-state index in [2.05, 4.69) is 10.1 Å². The minimum Gasteiger partial charge on any atom is -0.406 e. The Hall–Kier alpha value is -2.82. The van der Waals surface area contributed by atoms with Gasteiger partial charge in [-0.1, -0.05) is 12.1 Å². The van der Waals surface area contributed by atoms with Crippen LogP contribution in [0.3, 0.4) is 0 Å². The number of anilines is 1. The lowest BCUT2D eigenvalue weighted by atomic mass is 10.1. The van der Waals surface area contributed by atoms with Crippen molar-refractivity contribution < 1.29 is 31.2 Å². The second-order valence-electron chi connectivity index (χ2n) is 5.69. The lowest BCUT2D eigenvalue weighted by molar-refractivity contribution is -0.384. The Bertz CT molecular complexity index is 944. The molecule has 2 aromatic rings. The van der Waals surface area contributed by atoms with Crippen molar-refractivity contribution in [3.8, 4) is 5.75 Å². The van der Waals surface area contributed by atoms with Crippen LogP contribution in [0.1, 0.15) is 18.5 Å². The average Bonchev–Trinajstić information content (AvgIpc) is 2.53. The van der Waals surface area contributed by atoms with Gasteiger partial charge in [-0.2, -0.15) is 0 Å². The van der Waals surface area contributed by atoms with Crippen LogP contribution in [0.4, 0.5) is 24.5 Å². The summed E-state index contributed by atoms with van der Waals surface area (Å²) in [6.07, 6.45) is -3.86. The molecule has 146 valence electrons. The van der Waals surface area contributed by atoms with Gasteiger partial charge >= 0.3 is 6.36 Å². The van der Waals surface area contributed by atoms with Gasteiger partial charge in [0.2, 0.25) is 0 Å². The number of halogens is 3. The Morgan fingerprint density at radius 3 is 2.22 bits per heavy atom. The van der Waals surface area contributed by atoms with E-state index in [4.69, 9.17) is 0 Å². The summed E-state index contributed by atoms with van der Waals surface area (Å²) in [5, 5.41) is 14.1. The first kappa shape index (κ1) is 20.5. The molecule has 1 N–H and O–H groups in total. The van der Waals surface area contributed by atoms with E-state index in [0.717, 1.165) is 24.5 Å². The molecule has 0 fully saturated rings. The second kappa shape index (κ2) is 7.43. The Morgan fingerprint density at radius 2 is 1.74 bits per heavy atom. The second-order valence-corrected chi connectivity index (χ2v) is 7.71. The predicted molar refractivity (Wildman–Crippen MR) is 91.4 cm³/mol. The van der Waals surface area contributed by atoms with Crippen LogP contribution in [-0.2, 0) is 9.84 Å². The van der Waals surface area contributed by atoms with Crippen LogP contribution in [0.2, 0.25) is 0 Å². The summed E-state index contributed by atoms with van der Waals surface area (Å²) in [5.74, 6) is -0.387. The number of nitro groups is 1. The first-order valence-electron chi connectivity index (χ1n) is 7.47. The van der Waals surface area contributed by atoms with Gasteiger partial charge in [0.1, 0.15) is 11.4 Å². The largest absolute Gasteiger partial charge is 0.573 e. The van der Waals surface area contributed by atoms with Crippen molar-refractivity contribution in [3.05, 3.63) is 58.1 Å². The summed E-state index contributed by atoms with van der Waals surface area (Å²) < 4.78 is 63.5. The van der Waals surface area contributed by atoms with Crippen LogP contribution in [0.25, 0.3) is 0 Å². The molecule has 0 radical (unpaired) electrons. The minimum absolute atomic E-state index is 0.0792. The van der Waals surface area contributed by atoms with Gasteiger partial charge in [0.25, 0.3) is 5.69 Å². The Kier molecular flexibility index (Phi) is 5.64. The quantitative estimate of drug-likeness (QED) is 0.576. The Balaban J connectivity index is 2.24. The molecule has 0 spiro atoms. The number of alkyl halides is 3. The number of rotatable bonds is 6. The average molecular weight is 404 g/mol. The van der Waals surface area contributed by atoms with Crippen molar-refractivity contribution in [2.24, 2.45) is 0 Å². The van der Waals surface area contributed by atoms with Gasteiger partial charge in [-0.05, 0) is 36.8 Å². The lowest BCUT2D eigenvalue weighted by Gasteiger charge is -2.17. The molecule has 2 aromatic carbocycles. The molecule has 0 aliphatic rings. The smallest absolute Gasteiger partial charge is 0.406 e. The highest BCUT2D eigenvalue weighted by Gasteiger charge is 2.31. The lowest BCUT2D eigenvalue weighted by Crippen LogP contribution is -2.17. The molecule has 0 amide bonds. The Morgan fingerprint density at radius 1 is 1.15 bits per heavy atom. The van der Waals surface area contributed by atoms with E-state index in [0.29, 0.717) is 5.56 Å². The minimum atomic E-state index is -4.80. The zero-order valence-corrected chi connectivity index (χ0v) is 15.0. The molecule has 0 bridgehead atoms. The molecule has 7 nitrogen and oxygen atoms in total. The third-order valence-electron chi connectivity index (χ3n) is 3.58. The van der Waals surface area contributed by atoms with Gasteiger partial charge in [0.15, 0.2) is 9.84 Å². The van der Waals surface area contributed by atoms with Crippen LogP contribution in [0.15, 0.2) is 47.4 Å². The first-order chi connectivity index (χ1) is 12.4. The summed E-state index contributed by atoms with van der Waals surface area (Å²) in [6, 6.07) is 7.97. The molecule has 0 saturated heterocycles.